The van der Waals surface area contributed by atoms with E-state index in [0.29, 0.717) is 36.0 Å². The van der Waals surface area contributed by atoms with Gasteiger partial charge in [0.25, 0.3) is 0 Å². The van der Waals surface area contributed by atoms with Gasteiger partial charge in [-0.25, -0.2) is 4.79 Å². The number of furan rings is 1. The smallest absolute Gasteiger partial charge is 0.322 e. The number of nitrogens with one attached hydrogen (secondary N) is 1. The fourth-order valence-electron chi connectivity index (χ4n) is 3.62. The van der Waals surface area contributed by atoms with Crippen LogP contribution in [0.1, 0.15) is 30.9 Å². The van der Waals surface area contributed by atoms with E-state index in [1.54, 1.807) is 30.2 Å². The molecular formula is C27H33N3O5. The van der Waals surface area contributed by atoms with E-state index in [1.165, 1.54) is 12.0 Å². The molecule has 2 aromatic carbocycles. The van der Waals surface area contributed by atoms with Gasteiger partial charge in [0.1, 0.15) is 29.6 Å². The van der Waals surface area contributed by atoms with Crippen LogP contribution in [0.2, 0.25) is 0 Å². The number of amides is 3. The lowest BCUT2D eigenvalue weighted by Crippen LogP contribution is -2.47. The van der Waals surface area contributed by atoms with Crippen molar-refractivity contribution in [1.82, 2.24) is 9.80 Å². The second-order valence-electron chi connectivity index (χ2n) is 8.47. The highest BCUT2D eigenvalue weighted by Gasteiger charge is 2.25. The molecule has 0 saturated carbocycles. The maximum Gasteiger partial charge on any atom is 0.322 e. The first-order valence-corrected chi connectivity index (χ1v) is 11.5. The van der Waals surface area contributed by atoms with Crippen LogP contribution in [0.5, 0.6) is 11.5 Å². The molecule has 0 radical (unpaired) electrons. The predicted octanol–water partition coefficient (Wildman–Crippen LogP) is 5.08. The average Bonchev–Trinajstić information content (AvgIpc) is 3.26. The normalized spacial score (nSPS) is 10.7. The van der Waals surface area contributed by atoms with Crippen LogP contribution < -0.4 is 14.8 Å². The van der Waals surface area contributed by atoms with Crippen molar-refractivity contribution in [3.05, 3.63) is 77.7 Å². The van der Waals surface area contributed by atoms with E-state index in [9.17, 15) is 9.59 Å². The highest BCUT2D eigenvalue weighted by molar-refractivity contribution is 5.94. The molecule has 3 rings (SSSR count). The van der Waals surface area contributed by atoms with Crippen molar-refractivity contribution in [2.45, 2.75) is 39.9 Å². The molecule has 0 aliphatic carbocycles. The molecule has 0 saturated heterocycles. The molecule has 0 fully saturated rings. The minimum atomic E-state index is -0.398. The molecular weight excluding hydrogens is 446 g/mol. The number of carbonyl (C=O) groups is 2. The number of ether oxygens (including phenoxy) is 2. The van der Waals surface area contributed by atoms with Gasteiger partial charge in [-0.3, -0.25) is 4.79 Å². The van der Waals surface area contributed by atoms with Gasteiger partial charge in [-0.15, -0.1) is 0 Å². The zero-order chi connectivity index (χ0) is 25.4. The number of rotatable bonds is 10. The molecule has 1 aromatic heterocycles. The maximum atomic E-state index is 13.5. The second-order valence-corrected chi connectivity index (χ2v) is 8.47. The van der Waals surface area contributed by atoms with Crippen LogP contribution in [-0.2, 0) is 17.9 Å². The fraction of sp³-hybridized carbons (Fsp3) is 0.333. The summed E-state index contributed by atoms with van der Waals surface area (Å²) in [5, 5.41) is 2.86. The lowest BCUT2D eigenvalue weighted by atomic mass is 10.2. The largest absolute Gasteiger partial charge is 0.497 e. The SMILES string of the molecule is COc1ccc(NC(=O)N(CC(=O)N(Cc2ccccc2)Cc2ccc(C)o2)C(C)C)c(OC)c1. The van der Waals surface area contributed by atoms with Gasteiger partial charge in [-0.05, 0) is 50.6 Å². The molecule has 0 atom stereocenters. The third-order valence-electron chi connectivity index (χ3n) is 5.55. The Kier molecular flexibility index (Phi) is 8.78. The highest BCUT2D eigenvalue weighted by Crippen LogP contribution is 2.29. The van der Waals surface area contributed by atoms with E-state index in [2.05, 4.69) is 5.32 Å². The van der Waals surface area contributed by atoms with Crippen molar-refractivity contribution in [1.29, 1.82) is 0 Å². The van der Waals surface area contributed by atoms with Crippen LogP contribution in [0, 0.1) is 6.92 Å². The van der Waals surface area contributed by atoms with Crippen LogP contribution in [0.25, 0.3) is 0 Å². The lowest BCUT2D eigenvalue weighted by molar-refractivity contribution is -0.133. The standard InChI is InChI=1S/C27H33N3O5/c1-19(2)30(27(32)28-24-14-13-22(33-4)15-25(24)34-5)18-26(31)29(16-21-9-7-6-8-10-21)17-23-12-11-20(3)35-23/h6-15,19H,16-18H2,1-5H3,(H,28,32). The molecule has 3 aromatic rings. The summed E-state index contributed by atoms with van der Waals surface area (Å²) in [5.41, 5.74) is 1.48. The van der Waals surface area contributed by atoms with Crippen molar-refractivity contribution in [2.24, 2.45) is 0 Å². The zero-order valence-corrected chi connectivity index (χ0v) is 20.9. The summed E-state index contributed by atoms with van der Waals surface area (Å²) < 4.78 is 16.3. The molecule has 8 nitrogen and oxygen atoms in total. The summed E-state index contributed by atoms with van der Waals surface area (Å²) in [6.45, 7) is 6.23. The Morgan fingerprint density at radius 2 is 1.71 bits per heavy atom. The van der Waals surface area contributed by atoms with Gasteiger partial charge in [-0.2, -0.15) is 0 Å². The van der Waals surface area contributed by atoms with Crippen molar-refractivity contribution >= 4 is 17.6 Å². The average molecular weight is 480 g/mol. The third kappa shape index (κ3) is 7.02. The number of hydrogen-bond acceptors (Lipinski definition) is 5. The van der Waals surface area contributed by atoms with Crippen molar-refractivity contribution in [3.8, 4) is 11.5 Å². The van der Waals surface area contributed by atoms with E-state index in [4.69, 9.17) is 13.9 Å². The van der Waals surface area contributed by atoms with Crippen LogP contribution in [-0.4, -0.2) is 48.5 Å². The summed E-state index contributed by atoms with van der Waals surface area (Å²) in [6, 6.07) is 18.0. The van der Waals surface area contributed by atoms with E-state index >= 15 is 0 Å². The van der Waals surface area contributed by atoms with Crippen LogP contribution in [0.15, 0.2) is 65.1 Å². The van der Waals surface area contributed by atoms with Crippen molar-refractivity contribution < 1.29 is 23.5 Å². The van der Waals surface area contributed by atoms with E-state index in [0.717, 1.165) is 11.3 Å². The topological polar surface area (TPSA) is 84.3 Å². The van der Waals surface area contributed by atoms with Crippen molar-refractivity contribution in [3.63, 3.8) is 0 Å². The number of methoxy groups -OCH3 is 2. The molecule has 0 aliphatic heterocycles. The van der Waals surface area contributed by atoms with Crippen LogP contribution in [0.3, 0.4) is 0 Å². The Labute approximate surface area is 206 Å². The molecule has 0 unspecified atom stereocenters. The number of aryl methyl sites for hydroxylation is 1. The first-order valence-electron chi connectivity index (χ1n) is 11.5. The number of benzene rings is 2. The lowest BCUT2D eigenvalue weighted by Gasteiger charge is -2.30. The molecule has 0 bridgehead atoms. The van der Waals surface area contributed by atoms with E-state index in [1.807, 2.05) is 63.2 Å². The Morgan fingerprint density at radius 1 is 0.971 bits per heavy atom. The quantitative estimate of drug-likeness (QED) is 0.439. The number of hydrogen-bond donors (Lipinski definition) is 1. The molecule has 8 heteroatoms. The van der Waals surface area contributed by atoms with Gasteiger partial charge in [0.05, 0.1) is 26.5 Å². The van der Waals surface area contributed by atoms with Gasteiger partial charge in [0, 0.05) is 18.7 Å². The van der Waals surface area contributed by atoms with Gasteiger partial charge in [0.15, 0.2) is 0 Å². The highest BCUT2D eigenvalue weighted by atomic mass is 16.5. The minimum absolute atomic E-state index is 0.0888. The Morgan fingerprint density at radius 3 is 2.31 bits per heavy atom. The Balaban J connectivity index is 1.77. The maximum absolute atomic E-state index is 13.5. The summed E-state index contributed by atoms with van der Waals surface area (Å²) in [4.78, 5) is 29.8. The number of carbonyl (C=O) groups excluding carboxylic acids is 2. The van der Waals surface area contributed by atoms with Gasteiger partial charge in [0.2, 0.25) is 5.91 Å². The number of urea groups is 1. The van der Waals surface area contributed by atoms with Crippen molar-refractivity contribution in [2.75, 3.05) is 26.1 Å². The van der Waals surface area contributed by atoms with E-state index in [-0.39, 0.29) is 18.5 Å². The van der Waals surface area contributed by atoms with Crippen LogP contribution >= 0.6 is 0 Å². The van der Waals surface area contributed by atoms with E-state index < -0.39 is 6.03 Å². The zero-order valence-electron chi connectivity index (χ0n) is 20.9. The molecule has 1 N–H and O–H groups in total. The van der Waals surface area contributed by atoms with Crippen LogP contribution in [0.4, 0.5) is 10.5 Å². The molecule has 0 spiro atoms. The van der Waals surface area contributed by atoms with Gasteiger partial charge in [-0.1, -0.05) is 30.3 Å². The fourth-order valence-corrected chi connectivity index (χ4v) is 3.62. The monoisotopic (exact) mass is 479 g/mol. The Bertz CT molecular complexity index is 1130. The van der Waals surface area contributed by atoms with Gasteiger partial charge < -0.3 is 29.0 Å². The predicted molar refractivity (Wildman–Crippen MR) is 135 cm³/mol. The number of nitrogens with zero attached hydrogens (tertiary/aromatic N) is 2. The summed E-state index contributed by atoms with van der Waals surface area (Å²) in [6.07, 6.45) is 0. The molecule has 35 heavy (non-hydrogen) atoms. The molecule has 0 aliphatic rings. The minimum Gasteiger partial charge on any atom is -0.497 e. The number of anilines is 1. The second kappa shape index (κ2) is 12.0. The Hall–Kier alpha value is -3.94. The summed E-state index contributed by atoms with van der Waals surface area (Å²) in [7, 11) is 3.08. The first-order chi connectivity index (χ1) is 16.8. The summed E-state index contributed by atoms with van der Waals surface area (Å²) in [5.74, 6) is 2.36. The van der Waals surface area contributed by atoms with Gasteiger partial charge >= 0.3 is 6.03 Å². The molecule has 186 valence electrons. The third-order valence-corrected chi connectivity index (χ3v) is 5.55. The summed E-state index contributed by atoms with van der Waals surface area (Å²) >= 11 is 0. The molecule has 1 heterocycles. The first kappa shape index (κ1) is 25.7. The molecule has 3 amide bonds.